The Labute approximate surface area is 121 Å². The molecule has 0 aliphatic rings. The maximum absolute atomic E-state index is 11.6. The summed E-state index contributed by atoms with van der Waals surface area (Å²) in [5, 5.41) is 3.72. The van der Waals surface area contributed by atoms with Crippen molar-refractivity contribution in [2.45, 2.75) is 26.9 Å². The molecule has 6 nitrogen and oxygen atoms in total. The molecular weight excluding hydrogens is 311 g/mol. The summed E-state index contributed by atoms with van der Waals surface area (Å²) in [5.74, 6) is 0.0715. The van der Waals surface area contributed by atoms with E-state index < -0.39 is 12.3 Å². The summed E-state index contributed by atoms with van der Waals surface area (Å²) >= 11 is 11.1. The average Bonchev–Trinajstić information content (AvgIpc) is 2.29. The summed E-state index contributed by atoms with van der Waals surface area (Å²) in [4.78, 5) is 11.6. The molecule has 0 fully saturated rings. The van der Waals surface area contributed by atoms with Crippen LogP contribution in [0.3, 0.4) is 0 Å². The van der Waals surface area contributed by atoms with E-state index in [0.717, 1.165) is 4.68 Å². The molecule has 9 heteroatoms. The van der Waals surface area contributed by atoms with Crippen molar-refractivity contribution >= 4 is 30.1 Å². The van der Waals surface area contributed by atoms with Gasteiger partial charge in [-0.3, -0.25) is 13.8 Å². The lowest BCUT2D eigenvalue weighted by atomic mass is 10.5. The van der Waals surface area contributed by atoms with E-state index in [0.29, 0.717) is 6.61 Å². The highest BCUT2D eigenvalue weighted by atomic mass is 35.5. The number of aryl methyl sites for hydroxylation is 1. The predicted molar refractivity (Wildman–Crippen MR) is 77.2 cm³/mol. The van der Waals surface area contributed by atoms with E-state index in [1.54, 1.807) is 6.92 Å². The monoisotopic (exact) mass is 326 g/mol. The predicted octanol–water partition coefficient (Wildman–Crippen LogP) is 2.50. The minimum Gasteiger partial charge on any atom is -0.421 e. The molecule has 1 rings (SSSR count). The van der Waals surface area contributed by atoms with Gasteiger partial charge in [0.15, 0.2) is 10.8 Å². The molecule has 1 atom stereocenters. The fraction of sp³-hybridized carbons (Fsp3) is 0.600. The second kappa shape index (κ2) is 6.81. The van der Waals surface area contributed by atoms with Crippen LogP contribution in [0.1, 0.15) is 20.8 Å². The van der Waals surface area contributed by atoms with Crippen LogP contribution in [0.4, 0.5) is 0 Å². The summed E-state index contributed by atoms with van der Waals surface area (Å²) in [6.07, 6.45) is 1.14. The topological polar surface area (TPSA) is 62.6 Å². The van der Waals surface area contributed by atoms with Gasteiger partial charge in [0.05, 0.1) is 18.9 Å². The number of hydrogen-bond acceptors (Lipinski definition) is 6. The first-order chi connectivity index (χ1) is 8.79. The number of aromatic nitrogens is 2. The average molecular weight is 327 g/mol. The lowest BCUT2D eigenvalue weighted by Crippen LogP contribution is -2.20. The molecule has 0 bridgehead atoms. The number of halogens is 1. The molecule has 0 N–H and O–H groups in total. The molecular formula is C10H16ClN2O4PS. The van der Waals surface area contributed by atoms with Crippen LogP contribution in [0.5, 0.6) is 5.75 Å². The molecule has 0 aliphatic heterocycles. The lowest BCUT2D eigenvalue weighted by Gasteiger charge is -2.23. The van der Waals surface area contributed by atoms with Gasteiger partial charge in [0.25, 0.3) is 5.56 Å². The highest BCUT2D eigenvalue weighted by molar-refractivity contribution is 8.07. The van der Waals surface area contributed by atoms with Gasteiger partial charge >= 0.3 is 6.72 Å². The van der Waals surface area contributed by atoms with Crippen LogP contribution in [-0.4, -0.2) is 22.5 Å². The first-order valence-electron chi connectivity index (χ1n) is 5.63. The van der Waals surface area contributed by atoms with Gasteiger partial charge in [0, 0.05) is 18.9 Å². The van der Waals surface area contributed by atoms with Gasteiger partial charge in [-0.1, -0.05) is 11.6 Å². The Bertz CT molecular complexity index is 549. The van der Waals surface area contributed by atoms with Gasteiger partial charge in [-0.25, -0.2) is 4.68 Å². The molecule has 1 heterocycles. The highest BCUT2D eigenvalue weighted by Gasteiger charge is 2.25. The quantitative estimate of drug-likeness (QED) is 0.748. The molecule has 19 heavy (non-hydrogen) atoms. The minimum absolute atomic E-state index is 0.0715. The Kier molecular flexibility index (Phi) is 5.95. The van der Waals surface area contributed by atoms with E-state index in [9.17, 15) is 4.79 Å². The molecule has 0 radical (unpaired) electrons. The summed E-state index contributed by atoms with van der Waals surface area (Å²) in [7, 11) is 1.49. The van der Waals surface area contributed by atoms with Crippen molar-refractivity contribution in [3.05, 3.63) is 21.6 Å². The Hall–Kier alpha value is -0.460. The maximum atomic E-state index is 11.6. The number of hydrogen-bond donors (Lipinski definition) is 0. The molecule has 0 spiro atoms. The summed E-state index contributed by atoms with van der Waals surface area (Å²) in [5.41, 5.74) is -0.471. The zero-order valence-electron chi connectivity index (χ0n) is 11.1. The standard InChI is InChI=1S/C10H16ClN2O4PS/c1-5-15-18(19,16-7(2)3)17-8-6-12-13(4)10(14)9(8)11/h6-7H,5H2,1-4H3. The smallest absolute Gasteiger partial charge is 0.380 e. The van der Waals surface area contributed by atoms with Crippen LogP contribution in [0.2, 0.25) is 5.02 Å². The third-order valence-corrected chi connectivity index (χ3v) is 4.70. The molecule has 108 valence electrons. The summed E-state index contributed by atoms with van der Waals surface area (Å²) in [6, 6.07) is 0. The van der Waals surface area contributed by atoms with Gasteiger partial charge in [0.2, 0.25) is 0 Å². The second-order valence-corrected chi connectivity index (χ2v) is 7.13. The van der Waals surface area contributed by atoms with Crippen LogP contribution in [0.25, 0.3) is 0 Å². The maximum Gasteiger partial charge on any atom is 0.380 e. The molecule has 0 aromatic carbocycles. The van der Waals surface area contributed by atoms with Crippen molar-refractivity contribution < 1.29 is 13.6 Å². The molecule has 1 aromatic rings. The molecule has 0 saturated heterocycles. The normalized spacial score (nSPS) is 14.4. The van der Waals surface area contributed by atoms with Crippen molar-refractivity contribution in [1.29, 1.82) is 0 Å². The van der Waals surface area contributed by atoms with Crippen LogP contribution >= 0.6 is 18.3 Å². The third-order valence-electron chi connectivity index (χ3n) is 1.88. The Morgan fingerprint density at radius 3 is 2.74 bits per heavy atom. The minimum atomic E-state index is -3.00. The Morgan fingerprint density at radius 2 is 2.21 bits per heavy atom. The summed E-state index contributed by atoms with van der Waals surface area (Å²) in [6.45, 7) is 2.74. The van der Waals surface area contributed by atoms with Gasteiger partial charge in [-0.2, -0.15) is 5.10 Å². The first kappa shape index (κ1) is 16.6. The molecule has 1 unspecified atom stereocenters. The van der Waals surface area contributed by atoms with E-state index in [1.165, 1.54) is 13.2 Å². The zero-order valence-corrected chi connectivity index (χ0v) is 13.6. The number of nitrogens with zero attached hydrogens (tertiary/aromatic N) is 2. The van der Waals surface area contributed by atoms with Gasteiger partial charge in [-0.15, -0.1) is 0 Å². The van der Waals surface area contributed by atoms with E-state index >= 15 is 0 Å². The Balaban J connectivity index is 3.07. The second-order valence-electron chi connectivity index (χ2n) is 3.86. The lowest BCUT2D eigenvalue weighted by molar-refractivity contribution is 0.171. The fourth-order valence-corrected chi connectivity index (χ4v) is 3.88. The fourth-order valence-electron chi connectivity index (χ4n) is 1.17. The van der Waals surface area contributed by atoms with Crippen molar-refractivity contribution in [2.24, 2.45) is 7.05 Å². The van der Waals surface area contributed by atoms with Crippen LogP contribution in [-0.2, 0) is 27.9 Å². The van der Waals surface area contributed by atoms with Crippen molar-refractivity contribution in [3.63, 3.8) is 0 Å². The van der Waals surface area contributed by atoms with E-state index in [4.69, 9.17) is 37.0 Å². The van der Waals surface area contributed by atoms with Crippen molar-refractivity contribution in [2.75, 3.05) is 6.61 Å². The molecule has 0 aliphatic carbocycles. The van der Waals surface area contributed by atoms with Crippen LogP contribution < -0.4 is 10.1 Å². The van der Waals surface area contributed by atoms with Gasteiger partial charge < -0.3 is 4.52 Å². The summed E-state index contributed by atoms with van der Waals surface area (Å²) < 4.78 is 17.4. The third kappa shape index (κ3) is 4.54. The van der Waals surface area contributed by atoms with Gasteiger partial charge in [0.1, 0.15) is 0 Å². The van der Waals surface area contributed by atoms with Crippen molar-refractivity contribution in [3.8, 4) is 5.75 Å². The molecule has 1 aromatic heterocycles. The van der Waals surface area contributed by atoms with Crippen LogP contribution in [0, 0.1) is 0 Å². The molecule has 0 saturated carbocycles. The van der Waals surface area contributed by atoms with E-state index in [-0.39, 0.29) is 16.9 Å². The first-order valence-corrected chi connectivity index (χ1v) is 8.57. The number of rotatable bonds is 6. The largest absolute Gasteiger partial charge is 0.421 e. The Morgan fingerprint density at radius 1 is 1.58 bits per heavy atom. The van der Waals surface area contributed by atoms with E-state index in [1.807, 2.05) is 13.8 Å². The van der Waals surface area contributed by atoms with Gasteiger partial charge in [-0.05, 0) is 20.8 Å². The highest BCUT2D eigenvalue weighted by Crippen LogP contribution is 2.51. The molecule has 0 amide bonds. The SMILES string of the molecule is CCOP(=S)(Oc1cnn(C)c(=O)c1Cl)OC(C)C. The zero-order chi connectivity index (χ0) is 14.6. The van der Waals surface area contributed by atoms with Crippen molar-refractivity contribution in [1.82, 2.24) is 9.78 Å². The van der Waals surface area contributed by atoms with Crippen LogP contribution in [0.15, 0.2) is 11.0 Å². The van der Waals surface area contributed by atoms with E-state index in [2.05, 4.69) is 5.10 Å².